The van der Waals surface area contributed by atoms with E-state index in [2.05, 4.69) is 161 Å². The normalized spacial score (nSPS) is 17.0. The van der Waals surface area contributed by atoms with Crippen molar-refractivity contribution < 1.29 is 4.74 Å². The molecule has 3 aliphatic carbocycles. The van der Waals surface area contributed by atoms with Crippen LogP contribution in [0.15, 0.2) is 194 Å². The number of fused-ring (bicyclic) bond motifs is 10. The van der Waals surface area contributed by atoms with E-state index in [1.54, 1.807) is 0 Å². The second kappa shape index (κ2) is 14.3. The zero-order chi connectivity index (χ0) is 42.3. The first-order valence-corrected chi connectivity index (χ1v) is 21.8. The van der Waals surface area contributed by atoms with Crippen molar-refractivity contribution in [2.75, 3.05) is 0 Å². The third-order valence-corrected chi connectivity index (χ3v) is 13.2. The quantitative estimate of drug-likeness (QED) is 0.174. The van der Waals surface area contributed by atoms with E-state index in [0.29, 0.717) is 11.5 Å². The number of hydrogen-bond acceptors (Lipinski definition) is 4. The predicted octanol–water partition coefficient (Wildman–Crippen LogP) is 9.95. The van der Waals surface area contributed by atoms with Crippen LogP contribution in [0.4, 0.5) is 0 Å². The van der Waals surface area contributed by atoms with Crippen molar-refractivity contribution in [3.8, 4) is 34.5 Å². The van der Waals surface area contributed by atoms with Gasteiger partial charge in [-0.3, -0.25) is 4.57 Å². The number of benzene rings is 6. The van der Waals surface area contributed by atoms with Gasteiger partial charge in [0.2, 0.25) is 5.95 Å². The van der Waals surface area contributed by atoms with Crippen LogP contribution in [-0.2, 0) is 4.74 Å². The first-order chi connectivity index (χ1) is 31.7. The van der Waals surface area contributed by atoms with Crippen LogP contribution in [0.1, 0.15) is 23.5 Å². The van der Waals surface area contributed by atoms with Crippen molar-refractivity contribution in [1.82, 2.24) is 19.1 Å². The summed E-state index contributed by atoms with van der Waals surface area (Å²) in [6.45, 7) is 0. The van der Waals surface area contributed by atoms with Crippen LogP contribution in [0.3, 0.4) is 0 Å². The average molecular weight is 820 g/mol. The molecule has 4 heterocycles. The molecule has 6 heteroatoms. The molecule has 0 radical (unpaired) electrons. The van der Waals surface area contributed by atoms with Crippen molar-refractivity contribution in [1.29, 1.82) is 5.26 Å². The van der Waals surface area contributed by atoms with Gasteiger partial charge in [0, 0.05) is 55.1 Å². The number of rotatable bonds is 5. The topological polar surface area (TPSA) is 68.7 Å². The SMILES string of the molecule is N#Cc1cccc(-c2cc(-c3ccccc3)nc(-n3c4c(c5ccccc53)=CC(c3ccc5c(c3)c3ccccc3n5C3=COC5=c6ccccc6=C6C=CC=CC6C5=C3)CC=4)n2)c1. The highest BCUT2D eigenvalue weighted by molar-refractivity contribution is 6.11. The van der Waals surface area contributed by atoms with Crippen molar-refractivity contribution in [2.24, 2.45) is 5.92 Å². The lowest BCUT2D eigenvalue weighted by atomic mass is 9.80. The molecule has 4 aliphatic rings. The van der Waals surface area contributed by atoms with Gasteiger partial charge in [-0.15, -0.1) is 0 Å². The van der Waals surface area contributed by atoms with Gasteiger partial charge in [0.05, 0.1) is 50.6 Å². The van der Waals surface area contributed by atoms with Crippen LogP contribution in [-0.4, -0.2) is 19.1 Å². The lowest BCUT2D eigenvalue weighted by Crippen LogP contribution is -2.37. The van der Waals surface area contributed by atoms with Crippen LogP contribution < -0.4 is 21.0 Å². The summed E-state index contributed by atoms with van der Waals surface area (Å²) in [5.41, 5.74) is 12.1. The summed E-state index contributed by atoms with van der Waals surface area (Å²) in [6.07, 6.45) is 18.7. The molecular weight excluding hydrogens is 783 g/mol. The van der Waals surface area contributed by atoms with Gasteiger partial charge in [-0.25, -0.2) is 9.97 Å². The van der Waals surface area contributed by atoms with Crippen molar-refractivity contribution in [3.05, 3.63) is 226 Å². The molecule has 300 valence electrons. The Bertz CT molecular complexity index is 3930. The van der Waals surface area contributed by atoms with E-state index < -0.39 is 0 Å². The molecule has 0 spiro atoms. The summed E-state index contributed by atoms with van der Waals surface area (Å²) in [6, 6.07) is 55.0. The average Bonchev–Trinajstić information content (AvgIpc) is 3.88. The van der Waals surface area contributed by atoms with Crippen molar-refractivity contribution in [3.63, 3.8) is 0 Å². The highest BCUT2D eigenvalue weighted by atomic mass is 16.5. The number of aromatic nitrogens is 4. The third-order valence-electron chi connectivity index (χ3n) is 13.2. The molecule has 9 aromatic rings. The van der Waals surface area contributed by atoms with E-state index in [0.717, 1.165) is 72.9 Å². The van der Waals surface area contributed by atoms with E-state index in [-0.39, 0.29) is 11.8 Å². The number of allylic oxidation sites excluding steroid dienone is 6. The highest BCUT2D eigenvalue weighted by Crippen LogP contribution is 2.41. The zero-order valence-corrected chi connectivity index (χ0v) is 34.6. The Morgan fingerprint density at radius 1 is 0.641 bits per heavy atom. The fourth-order valence-corrected chi connectivity index (χ4v) is 10.3. The molecule has 0 amide bonds. The minimum atomic E-state index is 0.120. The fourth-order valence-electron chi connectivity index (χ4n) is 10.3. The number of nitriles is 1. The van der Waals surface area contributed by atoms with Crippen molar-refractivity contribution in [2.45, 2.75) is 12.3 Å². The molecule has 13 rings (SSSR count). The van der Waals surface area contributed by atoms with Gasteiger partial charge in [-0.1, -0.05) is 146 Å². The summed E-state index contributed by atoms with van der Waals surface area (Å²) in [5, 5.41) is 17.9. The van der Waals surface area contributed by atoms with E-state index in [9.17, 15) is 5.26 Å². The van der Waals surface area contributed by atoms with E-state index in [4.69, 9.17) is 14.7 Å². The van der Waals surface area contributed by atoms with Gasteiger partial charge in [-0.05, 0) is 71.3 Å². The Labute approximate surface area is 368 Å². The first-order valence-electron chi connectivity index (χ1n) is 21.8. The minimum Gasteiger partial charge on any atom is -0.462 e. The molecule has 0 bridgehead atoms. The largest absolute Gasteiger partial charge is 0.462 e. The van der Waals surface area contributed by atoms with Gasteiger partial charge in [-0.2, -0.15) is 5.26 Å². The van der Waals surface area contributed by atoms with Crippen LogP contribution in [0.5, 0.6) is 0 Å². The maximum atomic E-state index is 9.74. The van der Waals surface area contributed by atoms with Gasteiger partial charge >= 0.3 is 0 Å². The molecule has 1 aliphatic heterocycles. The summed E-state index contributed by atoms with van der Waals surface area (Å²) in [4.78, 5) is 10.4. The summed E-state index contributed by atoms with van der Waals surface area (Å²) in [5.74, 6) is 1.80. The predicted molar refractivity (Wildman–Crippen MR) is 257 cm³/mol. The summed E-state index contributed by atoms with van der Waals surface area (Å²) in [7, 11) is 0. The molecule has 6 aromatic carbocycles. The molecule has 0 fully saturated rings. The Balaban J connectivity index is 0.937. The standard InChI is InChI=1S/C58H37N5O/c59-34-36-13-12-16-40(29-36)52-33-51(37-14-2-1-3-15-37)60-58(61-52)63-54-24-11-9-21-46(54)49-31-39(26-28-56(49)63)38-25-27-55-48(30-38)45-20-8-10-23-53(45)62(55)41-32-50-44-19-5-4-17-42(44)43-18-6-7-22-47(43)57(50)64-35-41/h1-25,27-33,35,39,44H,26H2. The molecule has 3 aromatic heterocycles. The molecule has 0 saturated carbocycles. The number of nitrogens with zero attached hydrogens (tertiary/aromatic N) is 5. The van der Waals surface area contributed by atoms with E-state index in [1.165, 1.54) is 37.9 Å². The van der Waals surface area contributed by atoms with Crippen molar-refractivity contribution >= 4 is 61.9 Å². The van der Waals surface area contributed by atoms with Crippen LogP contribution >= 0.6 is 0 Å². The minimum absolute atomic E-state index is 0.120. The number of ether oxygens (including phenoxy) is 1. The third kappa shape index (κ3) is 5.58. The molecule has 2 unspecified atom stereocenters. The number of hydrogen-bond donors (Lipinski definition) is 0. The summed E-state index contributed by atoms with van der Waals surface area (Å²) >= 11 is 0. The Morgan fingerprint density at radius 2 is 1.38 bits per heavy atom. The van der Waals surface area contributed by atoms with Crippen LogP contribution in [0.2, 0.25) is 0 Å². The van der Waals surface area contributed by atoms with E-state index in [1.807, 2.05) is 54.8 Å². The lowest BCUT2D eigenvalue weighted by Gasteiger charge is -2.29. The van der Waals surface area contributed by atoms with Crippen LogP contribution in [0.25, 0.3) is 90.4 Å². The molecule has 0 saturated heterocycles. The highest BCUT2D eigenvalue weighted by Gasteiger charge is 2.30. The molecule has 2 atom stereocenters. The zero-order valence-electron chi connectivity index (χ0n) is 34.6. The monoisotopic (exact) mass is 819 g/mol. The van der Waals surface area contributed by atoms with Crippen LogP contribution in [0, 0.1) is 17.2 Å². The smallest absolute Gasteiger partial charge is 0.235 e. The Morgan fingerprint density at radius 3 is 2.23 bits per heavy atom. The van der Waals surface area contributed by atoms with E-state index >= 15 is 0 Å². The maximum absolute atomic E-state index is 9.74. The molecule has 0 N–H and O–H groups in total. The fraction of sp³-hybridized carbons (Fsp3) is 0.0517. The molecule has 64 heavy (non-hydrogen) atoms. The van der Waals surface area contributed by atoms with Gasteiger partial charge in [0.25, 0.3) is 0 Å². The first kappa shape index (κ1) is 36.2. The maximum Gasteiger partial charge on any atom is 0.235 e. The van der Waals surface area contributed by atoms with Gasteiger partial charge < -0.3 is 9.30 Å². The molecular formula is C58H37N5O. The molecule has 6 nitrogen and oxygen atoms in total. The summed E-state index contributed by atoms with van der Waals surface area (Å²) < 4.78 is 11.2. The Hall–Kier alpha value is -8.53. The Kier molecular flexibility index (Phi) is 8.06. The number of para-hydroxylation sites is 2. The second-order valence-corrected chi connectivity index (χ2v) is 16.8. The lowest BCUT2D eigenvalue weighted by molar-refractivity contribution is 0.422. The van der Waals surface area contributed by atoms with Gasteiger partial charge in [0.15, 0.2) is 0 Å². The second-order valence-electron chi connectivity index (χ2n) is 16.8. The van der Waals surface area contributed by atoms with Gasteiger partial charge in [0.1, 0.15) is 12.0 Å².